The fourth-order valence-electron chi connectivity index (χ4n) is 2.79. The number of amides is 2. The summed E-state index contributed by atoms with van der Waals surface area (Å²) in [6, 6.07) is 11.2. The van der Waals surface area contributed by atoms with E-state index in [1.54, 1.807) is 18.2 Å². The average molecular weight is 370 g/mol. The summed E-state index contributed by atoms with van der Waals surface area (Å²) in [5, 5.41) is 2.91. The molecule has 6 nitrogen and oxygen atoms in total. The van der Waals surface area contributed by atoms with Crippen molar-refractivity contribution in [1.29, 1.82) is 0 Å². The summed E-state index contributed by atoms with van der Waals surface area (Å²) >= 11 is 0. The first-order valence-electron chi connectivity index (χ1n) is 8.84. The molecule has 0 aliphatic carbocycles. The van der Waals surface area contributed by atoms with Crippen molar-refractivity contribution < 1.29 is 19.1 Å². The third-order valence-electron chi connectivity index (χ3n) is 4.20. The fraction of sp³-hybridized carbons (Fsp3) is 0.333. The second kappa shape index (κ2) is 9.62. The molecule has 27 heavy (non-hydrogen) atoms. The standard InChI is InChI=1S/C21H26N2O4/c1-14-6-7-16(15(2)11-14)5-4-10-23-21(25)17-8-9-18(19(12-17)26-3)27-13-20(22)24/h6-9,11-12H,4-5,10,13H2,1-3H3,(H2,22,24)(H,23,25). The number of hydrogen-bond donors (Lipinski definition) is 2. The number of carbonyl (C=O) groups excluding carboxylic acids is 2. The van der Waals surface area contributed by atoms with Gasteiger partial charge in [-0.05, 0) is 56.0 Å². The molecule has 0 atom stereocenters. The van der Waals surface area contributed by atoms with E-state index in [0.717, 1.165) is 12.8 Å². The molecule has 0 bridgehead atoms. The summed E-state index contributed by atoms with van der Waals surface area (Å²) in [5.74, 6) is -0.0278. The Bertz CT molecular complexity index is 818. The van der Waals surface area contributed by atoms with Gasteiger partial charge in [-0.1, -0.05) is 23.8 Å². The lowest BCUT2D eigenvalue weighted by Crippen LogP contribution is -2.25. The lowest BCUT2D eigenvalue weighted by atomic mass is 10.0. The molecular formula is C21H26N2O4. The monoisotopic (exact) mass is 370 g/mol. The second-order valence-corrected chi connectivity index (χ2v) is 6.41. The quantitative estimate of drug-likeness (QED) is 0.664. The Morgan fingerprint density at radius 3 is 2.52 bits per heavy atom. The van der Waals surface area contributed by atoms with Crippen molar-refractivity contribution in [3.8, 4) is 11.5 Å². The molecule has 2 amide bonds. The molecule has 0 aliphatic heterocycles. The van der Waals surface area contributed by atoms with Crippen LogP contribution in [0.5, 0.6) is 11.5 Å². The molecule has 0 aliphatic rings. The van der Waals surface area contributed by atoms with E-state index in [-0.39, 0.29) is 12.5 Å². The van der Waals surface area contributed by atoms with Gasteiger partial charge in [0.25, 0.3) is 11.8 Å². The highest BCUT2D eigenvalue weighted by atomic mass is 16.5. The van der Waals surface area contributed by atoms with Crippen LogP contribution in [0.25, 0.3) is 0 Å². The number of aryl methyl sites for hydroxylation is 3. The molecule has 3 N–H and O–H groups in total. The topological polar surface area (TPSA) is 90.7 Å². The third-order valence-corrected chi connectivity index (χ3v) is 4.20. The van der Waals surface area contributed by atoms with Crippen LogP contribution in [-0.4, -0.2) is 32.1 Å². The normalized spacial score (nSPS) is 10.3. The molecule has 6 heteroatoms. The largest absolute Gasteiger partial charge is 0.493 e. The molecule has 0 aromatic heterocycles. The lowest BCUT2D eigenvalue weighted by molar-refractivity contribution is -0.119. The molecule has 0 heterocycles. The van der Waals surface area contributed by atoms with Crippen molar-refractivity contribution in [1.82, 2.24) is 5.32 Å². The molecule has 144 valence electrons. The Hall–Kier alpha value is -3.02. The first-order valence-corrected chi connectivity index (χ1v) is 8.84. The van der Waals surface area contributed by atoms with E-state index in [9.17, 15) is 9.59 Å². The summed E-state index contributed by atoms with van der Waals surface area (Å²) < 4.78 is 10.5. The third kappa shape index (κ3) is 6.02. The summed E-state index contributed by atoms with van der Waals surface area (Å²) in [6.45, 7) is 4.51. The number of methoxy groups -OCH3 is 1. The van der Waals surface area contributed by atoms with Crippen LogP contribution >= 0.6 is 0 Å². The van der Waals surface area contributed by atoms with E-state index in [2.05, 4.69) is 37.4 Å². The smallest absolute Gasteiger partial charge is 0.255 e. The summed E-state index contributed by atoms with van der Waals surface area (Å²) in [4.78, 5) is 23.2. The number of nitrogens with two attached hydrogens (primary N) is 1. The number of carbonyl (C=O) groups is 2. The van der Waals surface area contributed by atoms with Gasteiger partial charge in [0.1, 0.15) is 0 Å². The van der Waals surface area contributed by atoms with Gasteiger partial charge >= 0.3 is 0 Å². The molecule has 2 rings (SSSR count). The van der Waals surface area contributed by atoms with Crippen molar-refractivity contribution in [3.63, 3.8) is 0 Å². The van der Waals surface area contributed by atoms with Crippen LogP contribution in [0.15, 0.2) is 36.4 Å². The van der Waals surface area contributed by atoms with Gasteiger partial charge in [-0.2, -0.15) is 0 Å². The Labute approximate surface area is 159 Å². The lowest BCUT2D eigenvalue weighted by Gasteiger charge is -2.12. The zero-order valence-corrected chi connectivity index (χ0v) is 16.0. The van der Waals surface area contributed by atoms with E-state index in [1.165, 1.54) is 23.8 Å². The highest BCUT2D eigenvalue weighted by Gasteiger charge is 2.11. The van der Waals surface area contributed by atoms with Crippen molar-refractivity contribution >= 4 is 11.8 Å². The van der Waals surface area contributed by atoms with Crippen LogP contribution in [0.1, 0.15) is 33.5 Å². The number of hydrogen-bond acceptors (Lipinski definition) is 4. The molecule has 0 fully saturated rings. The van der Waals surface area contributed by atoms with Crippen LogP contribution < -0.4 is 20.5 Å². The Balaban J connectivity index is 1.88. The second-order valence-electron chi connectivity index (χ2n) is 6.41. The van der Waals surface area contributed by atoms with E-state index in [1.807, 2.05) is 0 Å². The minimum absolute atomic E-state index is 0.185. The number of primary amides is 1. The SMILES string of the molecule is COc1cc(C(=O)NCCCc2ccc(C)cc2C)ccc1OCC(N)=O. The first-order chi connectivity index (χ1) is 12.9. The van der Waals surface area contributed by atoms with Crippen molar-refractivity contribution in [3.05, 3.63) is 58.7 Å². The summed E-state index contributed by atoms with van der Waals surface area (Å²) in [7, 11) is 1.47. The average Bonchev–Trinajstić information content (AvgIpc) is 2.64. The van der Waals surface area contributed by atoms with Gasteiger partial charge in [-0.25, -0.2) is 0 Å². The van der Waals surface area contributed by atoms with Crippen LogP contribution in [0.4, 0.5) is 0 Å². The fourth-order valence-corrected chi connectivity index (χ4v) is 2.79. The van der Waals surface area contributed by atoms with E-state index in [0.29, 0.717) is 23.6 Å². The molecular weight excluding hydrogens is 344 g/mol. The highest BCUT2D eigenvalue weighted by Crippen LogP contribution is 2.28. The van der Waals surface area contributed by atoms with Crippen molar-refractivity contribution in [2.24, 2.45) is 5.73 Å². The minimum Gasteiger partial charge on any atom is -0.493 e. The van der Waals surface area contributed by atoms with Crippen LogP contribution in [0.2, 0.25) is 0 Å². The molecule has 2 aromatic rings. The zero-order chi connectivity index (χ0) is 19.8. The molecule has 0 spiro atoms. The molecule has 2 aromatic carbocycles. The predicted octanol–water partition coefficient (Wildman–Crippen LogP) is 2.54. The molecule has 0 unspecified atom stereocenters. The van der Waals surface area contributed by atoms with Gasteiger partial charge < -0.3 is 20.5 Å². The van der Waals surface area contributed by atoms with E-state index in [4.69, 9.17) is 15.2 Å². The summed E-state index contributed by atoms with van der Waals surface area (Å²) in [6.07, 6.45) is 1.77. The van der Waals surface area contributed by atoms with Crippen molar-refractivity contribution in [2.45, 2.75) is 26.7 Å². The van der Waals surface area contributed by atoms with Gasteiger partial charge in [0.15, 0.2) is 18.1 Å². The zero-order valence-electron chi connectivity index (χ0n) is 16.0. The number of benzene rings is 2. The first kappa shape index (κ1) is 20.3. The Kier molecular flexibility index (Phi) is 7.23. The van der Waals surface area contributed by atoms with Gasteiger partial charge in [-0.15, -0.1) is 0 Å². The van der Waals surface area contributed by atoms with Gasteiger partial charge in [0.05, 0.1) is 7.11 Å². The number of rotatable bonds is 9. The molecule has 0 radical (unpaired) electrons. The minimum atomic E-state index is -0.581. The van der Waals surface area contributed by atoms with Crippen molar-refractivity contribution in [2.75, 3.05) is 20.3 Å². The van der Waals surface area contributed by atoms with Crippen LogP contribution in [-0.2, 0) is 11.2 Å². The maximum absolute atomic E-state index is 12.3. The summed E-state index contributed by atoms with van der Waals surface area (Å²) in [5.41, 5.74) is 9.36. The van der Waals surface area contributed by atoms with Gasteiger partial charge in [-0.3, -0.25) is 9.59 Å². The van der Waals surface area contributed by atoms with E-state index < -0.39 is 5.91 Å². The Morgan fingerprint density at radius 2 is 1.85 bits per heavy atom. The molecule has 0 saturated carbocycles. The van der Waals surface area contributed by atoms with Gasteiger partial charge in [0, 0.05) is 12.1 Å². The predicted molar refractivity (Wildman–Crippen MR) is 104 cm³/mol. The number of nitrogens with one attached hydrogen (secondary N) is 1. The highest BCUT2D eigenvalue weighted by molar-refractivity contribution is 5.94. The molecule has 0 saturated heterocycles. The van der Waals surface area contributed by atoms with Crippen LogP contribution in [0, 0.1) is 13.8 Å². The van der Waals surface area contributed by atoms with Gasteiger partial charge in [0.2, 0.25) is 0 Å². The maximum Gasteiger partial charge on any atom is 0.255 e. The Morgan fingerprint density at radius 1 is 1.07 bits per heavy atom. The number of ether oxygens (including phenoxy) is 2. The van der Waals surface area contributed by atoms with Crippen LogP contribution in [0.3, 0.4) is 0 Å². The maximum atomic E-state index is 12.3. The van der Waals surface area contributed by atoms with E-state index >= 15 is 0 Å².